The number of halogens is 2. The maximum absolute atomic E-state index is 13.7. The van der Waals surface area contributed by atoms with Gasteiger partial charge in [0.25, 0.3) is 0 Å². The Kier molecular flexibility index (Phi) is 4.15. The highest BCUT2D eigenvalue weighted by atomic mass is 79.9. The highest BCUT2D eigenvalue weighted by Crippen LogP contribution is 2.26. The average molecular weight is 358 g/mol. The van der Waals surface area contributed by atoms with Gasteiger partial charge in [0.15, 0.2) is 9.84 Å². The topological polar surface area (TPSA) is 60.2 Å². The van der Waals surface area contributed by atoms with Crippen molar-refractivity contribution < 1.29 is 12.8 Å². The van der Waals surface area contributed by atoms with Crippen LogP contribution in [0.3, 0.4) is 0 Å². The van der Waals surface area contributed by atoms with E-state index >= 15 is 0 Å². The Hall–Kier alpha value is -1.40. The maximum atomic E-state index is 13.7. The maximum Gasteiger partial charge on any atom is 0.184 e. The van der Waals surface area contributed by atoms with E-state index in [2.05, 4.69) is 15.9 Å². The number of para-hydroxylation sites is 1. The summed E-state index contributed by atoms with van der Waals surface area (Å²) >= 11 is 3.20. The van der Waals surface area contributed by atoms with Crippen molar-refractivity contribution in [2.75, 3.05) is 5.73 Å². The average Bonchev–Trinajstić information content (AvgIpc) is 2.36. The molecule has 106 valence electrons. The smallest absolute Gasteiger partial charge is 0.184 e. The number of hydrogen-bond donors (Lipinski definition) is 1. The second-order valence-electron chi connectivity index (χ2n) is 4.48. The number of rotatable bonds is 3. The van der Waals surface area contributed by atoms with Gasteiger partial charge in [-0.15, -0.1) is 0 Å². The Bertz CT molecular complexity index is 760. The number of sulfone groups is 1. The Balaban J connectivity index is 2.46. The van der Waals surface area contributed by atoms with Gasteiger partial charge in [-0.05, 0) is 36.8 Å². The first kappa shape index (κ1) is 15.0. The lowest BCUT2D eigenvalue weighted by molar-refractivity contribution is 0.587. The third-order valence-corrected chi connectivity index (χ3v) is 5.18. The number of benzene rings is 2. The van der Waals surface area contributed by atoms with Crippen molar-refractivity contribution in [2.24, 2.45) is 0 Å². The van der Waals surface area contributed by atoms with E-state index in [0.29, 0.717) is 10.0 Å². The molecule has 0 aliphatic heterocycles. The van der Waals surface area contributed by atoms with E-state index < -0.39 is 21.4 Å². The van der Waals surface area contributed by atoms with Crippen molar-refractivity contribution in [1.29, 1.82) is 0 Å². The number of nitrogen functional groups attached to an aromatic ring is 1. The molecule has 0 unspecified atom stereocenters. The van der Waals surface area contributed by atoms with Crippen molar-refractivity contribution in [3.05, 3.63) is 57.8 Å². The summed E-state index contributed by atoms with van der Waals surface area (Å²) in [5.41, 5.74) is 6.81. The molecule has 0 saturated carbocycles. The van der Waals surface area contributed by atoms with Crippen molar-refractivity contribution in [3.8, 4) is 0 Å². The second kappa shape index (κ2) is 5.54. The van der Waals surface area contributed by atoms with Crippen LogP contribution in [-0.2, 0) is 15.6 Å². The molecule has 0 radical (unpaired) electrons. The SMILES string of the molecule is Cc1cccc(S(=O)(=O)Cc2cc(Br)ccc2F)c1N. The fourth-order valence-corrected chi connectivity index (χ4v) is 3.84. The standard InChI is InChI=1S/C14H13BrFNO2S/c1-9-3-2-4-13(14(9)17)20(18,19)8-10-7-11(15)5-6-12(10)16/h2-7H,8,17H2,1H3. The number of nitrogens with two attached hydrogens (primary N) is 1. The molecule has 2 N–H and O–H groups in total. The van der Waals surface area contributed by atoms with E-state index in [1.54, 1.807) is 19.1 Å². The number of hydrogen-bond acceptors (Lipinski definition) is 3. The lowest BCUT2D eigenvalue weighted by Crippen LogP contribution is -2.10. The molecule has 0 amide bonds. The molecule has 0 heterocycles. The van der Waals surface area contributed by atoms with Gasteiger partial charge in [0.2, 0.25) is 0 Å². The van der Waals surface area contributed by atoms with Gasteiger partial charge >= 0.3 is 0 Å². The largest absolute Gasteiger partial charge is 0.397 e. The van der Waals surface area contributed by atoms with Gasteiger partial charge < -0.3 is 5.73 Å². The summed E-state index contributed by atoms with van der Waals surface area (Å²) in [5.74, 6) is -0.977. The molecule has 2 aromatic carbocycles. The first-order valence-electron chi connectivity index (χ1n) is 5.83. The first-order valence-corrected chi connectivity index (χ1v) is 8.27. The lowest BCUT2D eigenvalue weighted by Gasteiger charge is -2.10. The van der Waals surface area contributed by atoms with Crippen LogP contribution in [0.25, 0.3) is 0 Å². The Morgan fingerprint density at radius 2 is 1.95 bits per heavy atom. The third kappa shape index (κ3) is 3.02. The van der Waals surface area contributed by atoms with Gasteiger partial charge in [0, 0.05) is 10.0 Å². The second-order valence-corrected chi connectivity index (χ2v) is 7.36. The molecular weight excluding hydrogens is 345 g/mol. The third-order valence-electron chi connectivity index (χ3n) is 2.97. The molecule has 3 nitrogen and oxygen atoms in total. The summed E-state index contributed by atoms with van der Waals surface area (Å²) in [6, 6.07) is 9.00. The van der Waals surface area contributed by atoms with Crippen LogP contribution in [0.4, 0.5) is 10.1 Å². The first-order chi connectivity index (χ1) is 9.31. The fourth-order valence-electron chi connectivity index (χ4n) is 1.86. The van der Waals surface area contributed by atoms with Gasteiger partial charge in [-0.25, -0.2) is 12.8 Å². The molecule has 0 bridgehead atoms. The number of aryl methyl sites for hydroxylation is 1. The predicted molar refractivity (Wildman–Crippen MR) is 80.6 cm³/mol. The molecule has 0 aliphatic carbocycles. The molecule has 6 heteroatoms. The van der Waals surface area contributed by atoms with E-state index in [1.807, 2.05) is 0 Å². The summed E-state index contributed by atoms with van der Waals surface area (Å²) in [4.78, 5) is 0.0388. The Labute approximate surface area is 125 Å². The minimum absolute atomic E-state index is 0.0388. The zero-order valence-corrected chi connectivity index (χ0v) is 13.1. The van der Waals surface area contributed by atoms with E-state index in [-0.39, 0.29) is 16.1 Å². The van der Waals surface area contributed by atoms with Crippen molar-refractivity contribution in [3.63, 3.8) is 0 Å². The van der Waals surface area contributed by atoms with Crippen LogP contribution < -0.4 is 5.73 Å². The van der Waals surface area contributed by atoms with Crippen LogP contribution >= 0.6 is 15.9 Å². The molecule has 20 heavy (non-hydrogen) atoms. The summed E-state index contributed by atoms with van der Waals surface area (Å²) < 4.78 is 39.1. The molecule has 2 rings (SSSR count). The van der Waals surface area contributed by atoms with Crippen LogP contribution in [0, 0.1) is 12.7 Å². The molecule has 0 spiro atoms. The van der Waals surface area contributed by atoms with Crippen molar-refractivity contribution in [1.82, 2.24) is 0 Å². The van der Waals surface area contributed by atoms with Crippen LogP contribution in [0.5, 0.6) is 0 Å². The van der Waals surface area contributed by atoms with Crippen LogP contribution in [0.1, 0.15) is 11.1 Å². The van der Waals surface area contributed by atoms with Gasteiger partial charge in [-0.3, -0.25) is 0 Å². The molecular formula is C14H13BrFNO2S. The van der Waals surface area contributed by atoms with Crippen LogP contribution in [0.2, 0.25) is 0 Å². The quantitative estimate of drug-likeness (QED) is 0.855. The van der Waals surface area contributed by atoms with Crippen LogP contribution in [0.15, 0.2) is 45.8 Å². The summed E-state index contributed by atoms with van der Waals surface area (Å²) in [6.45, 7) is 1.73. The summed E-state index contributed by atoms with van der Waals surface area (Å²) in [5, 5.41) is 0. The lowest BCUT2D eigenvalue weighted by atomic mass is 10.2. The van der Waals surface area contributed by atoms with E-state index in [1.165, 1.54) is 24.3 Å². The molecule has 0 fully saturated rings. The summed E-state index contributed by atoms with van der Waals surface area (Å²) in [7, 11) is -3.69. The normalized spacial score (nSPS) is 11.6. The minimum atomic E-state index is -3.69. The predicted octanol–water partition coefficient (Wildman–Crippen LogP) is 3.45. The summed E-state index contributed by atoms with van der Waals surface area (Å²) in [6.07, 6.45) is 0. The Morgan fingerprint density at radius 3 is 2.65 bits per heavy atom. The van der Waals surface area contributed by atoms with E-state index in [9.17, 15) is 12.8 Å². The fraction of sp³-hybridized carbons (Fsp3) is 0.143. The van der Waals surface area contributed by atoms with Gasteiger partial charge in [0.1, 0.15) is 5.82 Å². The van der Waals surface area contributed by atoms with Crippen LogP contribution in [-0.4, -0.2) is 8.42 Å². The number of anilines is 1. The van der Waals surface area contributed by atoms with E-state index in [4.69, 9.17) is 5.73 Å². The molecule has 0 aliphatic rings. The Morgan fingerprint density at radius 1 is 1.25 bits per heavy atom. The zero-order valence-electron chi connectivity index (χ0n) is 10.7. The van der Waals surface area contributed by atoms with Crippen molar-refractivity contribution >= 4 is 31.5 Å². The highest BCUT2D eigenvalue weighted by molar-refractivity contribution is 9.10. The monoisotopic (exact) mass is 357 g/mol. The minimum Gasteiger partial charge on any atom is -0.397 e. The van der Waals surface area contributed by atoms with E-state index in [0.717, 1.165) is 0 Å². The van der Waals surface area contributed by atoms with Gasteiger partial charge in [0.05, 0.1) is 16.3 Å². The molecule has 2 aromatic rings. The van der Waals surface area contributed by atoms with Gasteiger partial charge in [-0.1, -0.05) is 28.1 Å². The van der Waals surface area contributed by atoms with Gasteiger partial charge in [-0.2, -0.15) is 0 Å². The van der Waals surface area contributed by atoms with Crippen molar-refractivity contribution in [2.45, 2.75) is 17.6 Å². The highest BCUT2D eigenvalue weighted by Gasteiger charge is 2.21. The molecule has 0 aromatic heterocycles. The molecule has 0 atom stereocenters. The zero-order chi connectivity index (χ0) is 14.9. The molecule has 0 saturated heterocycles.